The Morgan fingerprint density at radius 3 is 2.79 bits per heavy atom. The van der Waals surface area contributed by atoms with Gasteiger partial charge >= 0.3 is 0 Å². The quantitative estimate of drug-likeness (QED) is 0.768. The lowest BCUT2D eigenvalue weighted by atomic mass is 10.0. The van der Waals surface area contributed by atoms with Crippen LogP contribution in [0, 0.1) is 6.92 Å². The van der Waals surface area contributed by atoms with E-state index in [2.05, 4.69) is 11.9 Å². The molecule has 1 rings (SSSR count). The lowest BCUT2D eigenvalue weighted by Gasteiger charge is -2.13. The smallest absolute Gasteiger partial charge is 0.248 e. The third-order valence-corrected chi connectivity index (χ3v) is 2.43. The van der Waals surface area contributed by atoms with Gasteiger partial charge in [0, 0.05) is 17.8 Å². The zero-order chi connectivity index (χ0) is 10.6. The van der Waals surface area contributed by atoms with Gasteiger partial charge in [-0.25, -0.2) is 0 Å². The van der Waals surface area contributed by atoms with Gasteiger partial charge in [-0.2, -0.15) is 0 Å². The molecule has 0 saturated heterocycles. The van der Waals surface area contributed by atoms with Crippen LogP contribution < -0.4 is 11.3 Å². The number of unbranched alkanes of at least 4 members (excludes halogenated alkanes) is 1. The molecule has 0 aliphatic rings. The lowest BCUT2D eigenvalue weighted by molar-refractivity contribution is 0.598. The van der Waals surface area contributed by atoms with Gasteiger partial charge in [0.25, 0.3) is 0 Å². The van der Waals surface area contributed by atoms with E-state index in [0.717, 1.165) is 30.5 Å². The summed E-state index contributed by atoms with van der Waals surface area (Å²) in [6, 6.07) is 3.41. The molecule has 1 aromatic rings. The average molecular weight is 194 g/mol. The first-order valence-corrected chi connectivity index (χ1v) is 5.10. The molecule has 0 radical (unpaired) electrons. The van der Waals surface area contributed by atoms with Crippen molar-refractivity contribution in [3.8, 4) is 0 Å². The number of nitrogens with one attached hydrogen (secondary N) is 1. The van der Waals surface area contributed by atoms with E-state index in [4.69, 9.17) is 5.73 Å². The van der Waals surface area contributed by atoms with Crippen LogP contribution in [0.1, 0.15) is 43.5 Å². The zero-order valence-corrected chi connectivity index (χ0v) is 8.84. The van der Waals surface area contributed by atoms with Crippen molar-refractivity contribution in [1.29, 1.82) is 0 Å². The fourth-order valence-corrected chi connectivity index (χ4v) is 1.57. The van der Waals surface area contributed by atoms with Crippen molar-refractivity contribution in [2.24, 2.45) is 5.73 Å². The predicted molar refractivity (Wildman–Crippen MR) is 58.3 cm³/mol. The molecule has 0 aromatic carbocycles. The summed E-state index contributed by atoms with van der Waals surface area (Å²) in [6.45, 7) is 4.04. The van der Waals surface area contributed by atoms with E-state index in [9.17, 15) is 4.79 Å². The molecule has 0 bridgehead atoms. The highest BCUT2D eigenvalue weighted by Gasteiger charge is 2.08. The molecule has 1 heterocycles. The van der Waals surface area contributed by atoms with Gasteiger partial charge in [0.2, 0.25) is 5.56 Å². The second-order valence-electron chi connectivity index (χ2n) is 3.65. The van der Waals surface area contributed by atoms with Crippen LogP contribution in [0.25, 0.3) is 0 Å². The summed E-state index contributed by atoms with van der Waals surface area (Å²) >= 11 is 0. The van der Waals surface area contributed by atoms with Gasteiger partial charge in [-0.1, -0.05) is 25.8 Å². The van der Waals surface area contributed by atoms with Gasteiger partial charge in [0.05, 0.1) is 0 Å². The topological polar surface area (TPSA) is 58.9 Å². The summed E-state index contributed by atoms with van der Waals surface area (Å²) < 4.78 is 0. The van der Waals surface area contributed by atoms with Gasteiger partial charge < -0.3 is 10.7 Å². The number of aromatic amines is 1. The summed E-state index contributed by atoms with van der Waals surface area (Å²) in [4.78, 5) is 13.7. The number of pyridine rings is 1. The number of hydrogen-bond donors (Lipinski definition) is 2. The molecule has 0 aliphatic carbocycles. The van der Waals surface area contributed by atoms with Gasteiger partial charge in [-0.15, -0.1) is 0 Å². The third kappa shape index (κ3) is 2.70. The van der Waals surface area contributed by atoms with E-state index in [0.29, 0.717) is 0 Å². The van der Waals surface area contributed by atoms with Crippen molar-refractivity contribution in [3.05, 3.63) is 33.7 Å². The SMILES string of the molecule is CCCC[C@@H](N)c1ccc(=O)[nH]c1C. The van der Waals surface area contributed by atoms with E-state index < -0.39 is 0 Å². The Balaban J connectivity index is 2.79. The monoisotopic (exact) mass is 194 g/mol. The molecule has 1 aromatic heterocycles. The highest BCUT2D eigenvalue weighted by Crippen LogP contribution is 2.17. The van der Waals surface area contributed by atoms with Crippen molar-refractivity contribution in [2.75, 3.05) is 0 Å². The average Bonchev–Trinajstić information content (AvgIpc) is 2.14. The van der Waals surface area contributed by atoms with Crippen LogP contribution in [0.15, 0.2) is 16.9 Å². The van der Waals surface area contributed by atoms with Crippen molar-refractivity contribution < 1.29 is 0 Å². The van der Waals surface area contributed by atoms with Crippen LogP contribution in [0.4, 0.5) is 0 Å². The highest BCUT2D eigenvalue weighted by atomic mass is 16.1. The van der Waals surface area contributed by atoms with E-state index in [-0.39, 0.29) is 11.6 Å². The van der Waals surface area contributed by atoms with E-state index >= 15 is 0 Å². The predicted octanol–water partition coefficient (Wildman–Crippen LogP) is 1.87. The molecule has 0 spiro atoms. The third-order valence-electron chi connectivity index (χ3n) is 2.43. The molecule has 3 heteroatoms. The standard InChI is InChI=1S/C11H18N2O/c1-3-4-5-10(12)9-6-7-11(14)13-8(9)2/h6-7,10H,3-5,12H2,1-2H3,(H,13,14)/t10-/m1/s1. The molecule has 3 nitrogen and oxygen atoms in total. The number of hydrogen-bond acceptors (Lipinski definition) is 2. The van der Waals surface area contributed by atoms with Crippen LogP contribution in [0.3, 0.4) is 0 Å². The minimum atomic E-state index is -0.0612. The first-order valence-electron chi connectivity index (χ1n) is 5.10. The molecule has 0 saturated carbocycles. The number of H-pyrrole nitrogens is 1. The maximum Gasteiger partial charge on any atom is 0.248 e. The van der Waals surface area contributed by atoms with Crippen LogP contribution in [0.2, 0.25) is 0 Å². The number of nitrogens with two attached hydrogens (primary N) is 1. The highest BCUT2D eigenvalue weighted by molar-refractivity contribution is 5.21. The Bertz CT molecular complexity index is 343. The Labute approximate surface area is 84.3 Å². The van der Waals surface area contributed by atoms with Gasteiger partial charge in [0.15, 0.2) is 0 Å². The fraction of sp³-hybridized carbons (Fsp3) is 0.545. The molecule has 3 N–H and O–H groups in total. The van der Waals surface area contributed by atoms with Crippen molar-refractivity contribution in [3.63, 3.8) is 0 Å². The first kappa shape index (κ1) is 11.0. The maximum absolute atomic E-state index is 11.0. The lowest BCUT2D eigenvalue weighted by Crippen LogP contribution is -2.16. The molecular formula is C11H18N2O. The molecule has 0 fully saturated rings. The Kier molecular flexibility index (Phi) is 3.89. The Hall–Kier alpha value is -1.09. The minimum Gasteiger partial charge on any atom is -0.326 e. The largest absolute Gasteiger partial charge is 0.326 e. The second-order valence-corrected chi connectivity index (χ2v) is 3.65. The molecule has 0 amide bonds. The Morgan fingerprint density at radius 2 is 2.21 bits per heavy atom. The van der Waals surface area contributed by atoms with Crippen LogP contribution in [-0.4, -0.2) is 4.98 Å². The van der Waals surface area contributed by atoms with E-state index in [1.807, 2.05) is 13.0 Å². The summed E-state index contributed by atoms with van der Waals surface area (Å²) in [7, 11) is 0. The molecule has 1 atom stereocenters. The van der Waals surface area contributed by atoms with Gasteiger partial charge in [0.1, 0.15) is 0 Å². The molecule has 0 aliphatic heterocycles. The summed E-state index contributed by atoms with van der Waals surface area (Å²) in [5.41, 5.74) is 7.89. The summed E-state index contributed by atoms with van der Waals surface area (Å²) in [6.07, 6.45) is 3.25. The molecular weight excluding hydrogens is 176 g/mol. The summed E-state index contributed by atoms with van der Waals surface area (Å²) in [5.74, 6) is 0. The zero-order valence-electron chi connectivity index (χ0n) is 8.84. The molecule has 14 heavy (non-hydrogen) atoms. The van der Waals surface area contributed by atoms with Crippen LogP contribution >= 0.6 is 0 Å². The van der Waals surface area contributed by atoms with Gasteiger partial charge in [-0.05, 0) is 18.9 Å². The first-order chi connectivity index (χ1) is 6.65. The summed E-state index contributed by atoms with van der Waals surface area (Å²) in [5, 5.41) is 0. The van der Waals surface area contributed by atoms with Crippen molar-refractivity contribution in [2.45, 2.75) is 39.2 Å². The Morgan fingerprint density at radius 1 is 1.50 bits per heavy atom. The molecule has 78 valence electrons. The fourth-order valence-electron chi connectivity index (χ4n) is 1.57. The molecule has 0 unspecified atom stereocenters. The van der Waals surface area contributed by atoms with E-state index in [1.165, 1.54) is 6.07 Å². The maximum atomic E-state index is 11.0. The second kappa shape index (κ2) is 4.96. The number of rotatable bonds is 4. The van der Waals surface area contributed by atoms with Crippen molar-refractivity contribution in [1.82, 2.24) is 4.98 Å². The minimum absolute atomic E-state index is 0.0480. The van der Waals surface area contributed by atoms with Gasteiger partial charge in [-0.3, -0.25) is 4.79 Å². The number of aromatic nitrogens is 1. The number of aryl methyl sites for hydroxylation is 1. The van der Waals surface area contributed by atoms with Crippen LogP contribution in [-0.2, 0) is 0 Å². The van der Waals surface area contributed by atoms with E-state index in [1.54, 1.807) is 0 Å². The van der Waals surface area contributed by atoms with Crippen molar-refractivity contribution >= 4 is 0 Å². The van der Waals surface area contributed by atoms with Crippen LogP contribution in [0.5, 0.6) is 0 Å². The normalized spacial score (nSPS) is 12.8.